The van der Waals surface area contributed by atoms with Gasteiger partial charge in [0.05, 0.1) is 12.6 Å². The Morgan fingerprint density at radius 1 is 1.58 bits per heavy atom. The molecule has 0 aliphatic heterocycles. The van der Waals surface area contributed by atoms with Crippen molar-refractivity contribution >= 4 is 5.97 Å². The maximum atomic E-state index is 10.2. The number of unbranched alkanes of at least 4 members (excludes halogenated alkanes) is 2. The number of carboxylic acid groups (broad SMARTS) is 1. The second-order valence-electron chi connectivity index (χ2n) is 2.87. The van der Waals surface area contributed by atoms with Crippen LogP contribution in [-0.2, 0) is 4.79 Å². The van der Waals surface area contributed by atoms with Crippen LogP contribution in [0.1, 0.15) is 32.6 Å². The molecule has 1 atom stereocenters. The molecule has 0 aromatic rings. The summed E-state index contributed by atoms with van der Waals surface area (Å²) >= 11 is 0. The molecular weight excluding hydrogens is 156 g/mol. The summed E-state index contributed by atoms with van der Waals surface area (Å²) in [5.41, 5.74) is 5.46. The number of aliphatic carboxylic acids is 1. The molecule has 0 aliphatic carbocycles. The van der Waals surface area contributed by atoms with E-state index in [4.69, 9.17) is 10.8 Å². The lowest BCUT2D eigenvalue weighted by Gasteiger charge is -2.10. The first kappa shape index (κ1) is 11.4. The Hall–Kier alpha value is -0.610. The summed E-state index contributed by atoms with van der Waals surface area (Å²) in [4.78, 5) is 10.2. The molecule has 0 aliphatic rings. The van der Waals surface area contributed by atoms with E-state index in [9.17, 15) is 4.79 Å². The Morgan fingerprint density at radius 2 is 2.25 bits per heavy atom. The number of carbonyl (C=O) groups is 1. The molecule has 4 nitrogen and oxygen atoms in total. The lowest BCUT2D eigenvalue weighted by Crippen LogP contribution is -2.39. The van der Waals surface area contributed by atoms with Crippen molar-refractivity contribution in [1.29, 1.82) is 0 Å². The van der Waals surface area contributed by atoms with Gasteiger partial charge in [-0.15, -0.1) is 0 Å². The first-order chi connectivity index (χ1) is 5.66. The molecule has 12 heavy (non-hydrogen) atoms. The second kappa shape index (κ2) is 7.06. The van der Waals surface area contributed by atoms with Gasteiger partial charge in [0.1, 0.15) is 0 Å². The van der Waals surface area contributed by atoms with Gasteiger partial charge in [-0.05, 0) is 13.0 Å². The predicted octanol–water partition coefficient (Wildman–Crippen LogP) is 0.526. The summed E-state index contributed by atoms with van der Waals surface area (Å²) in [6.45, 7) is 2.93. The van der Waals surface area contributed by atoms with Gasteiger partial charge in [-0.25, -0.2) is 0 Å². The summed E-state index contributed by atoms with van der Waals surface area (Å²) in [7, 11) is 0. The van der Waals surface area contributed by atoms with Crippen molar-refractivity contribution < 1.29 is 9.90 Å². The van der Waals surface area contributed by atoms with Gasteiger partial charge < -0.3 is 16.2 Å². The van der Waals surface area contributed by atoms with E-state index >= 15 is 0 Å². The van der Waals surface area contributed by atoms with Crippen molar-refractivity contribution in [3.05, 3.63) is 0 Å². The highest BCUT2D eigenvalue weighted by Gasteiger charge is 2.05. The highest BCUT2D eigenvalue weighted by molar-refractivity contribution is 5.67. The van der Waals surface area contributed by atoms with Gasteiger partial charge in [0, 0.05) is 0 Å². The second-order valence-corrected chi connectivity index (χ2v) is 2.87. The zero-order valence-corrected chi connectivity index (χ0v) is 7.55. The fourth-order valence-electron chi connectivity index (χ4n) is 0.923. The van der Waals surface area contributed by atoms with Crippen LogP contribution in [0.3, 0.4) is 0 Å². The lowest BCUT2D eigenvalue weighted by molar-refractivity contribution is -0.137. The summed E-state index contributed by atoms with van der Waals surface area (Å²) in [6.07, 6.45) is 2.97. The molecule has 0 aromatic heterocycles. The van der Waals surface area contributed by atoms with Crippen molar-refractivity contribution in [3.8, 4) is 0 Å². The average molecular weight is 174 g/mol. The van der Waals surface area contributed by atoms with Crippen LogP contribution in [0.15, 0.2) is 0 Å². The first-order valence-electron chi connectivity index (χ1n) is 4.37. The zero-order chi connectivity index (χ0) is 9.40. The summed E-state index contributed by atoms with van der Waals surface area (Å²) < 4.78 is 0. The summed E-state index contributed by atoms with van der Waals surface area (Å²) in [5.74, 6) is -0.856. The Labute approximate surface area is 73.1 Å². The van der Waals surface area contributed by atoms with Crippen LogP contribution in [0.2, 0.25) is 0 Å². The SMILES string of the molecule is CCCCCNC(N)CC(=O)O. The fraction of sp³-hybridized carbons (Fsp3) is 0.875. The smallest absolute Gasteiger partial charge is 0.306 e. The molecule has 0 rings (SSSR count). The molecule has 4 N–H and O–H groups in total. The fourth-order valence-corrected chi connectivity index (χ4v) is 0.923. The van der Waals surface area contributed by atoms with E-state index in [0.717, 1.165) is 25.8 Å². The molecule has 0 bridgehead atoms. The van der Waals surface area contributed by atoms with Crippen LogP contribution in [0.25, 0.3) is 0 Å². The van der Waals surface area contributed by atoms with Crippen LogP contribution < -0.4 is 11.1 Å². The van der Waals surface area contributed by atoms with Gasteiger partial charge in [0.15, 0.2) is 0 Å². The Kier molecular flexibility index (Phi) is 6.70. The molecule has 0 spiro atoms. The van der Waals surface area contributed by atoms with E-state index < -0.39 is 12.1 Å². The van der Waals surface area contributed by atoms with Gasteiger partial charge in [-0.3, -0.25) is 4.79 Å². The van der Waals surface area contributed by atoms with Gasteiger partial charge >= 0.3 is 5.97 Å². The number of nitrogens with one attached hydrogen (secondary N) is 1. The van der Waals surface area contributed by atoms with Gasteiger partial charge in [0.25, 0.3) is 0 Å². The highest BCUT2D eigenvalue weighted by Crippen LogP contribution is 1.92. The van der Waals surface area contributed by atoms with Crippen LogP contribution in [0.5, 0.6) is 0 Å². The van der Waals surface area contributed by atoms with Crippen LogP contribution in [0.4, 0.5) is 0 Å². The minimum absolute atomic E-state index is 0.00781. The number of rotatable bonds is 7. The normalized spacial score (nSPS) is 12.8. The van der Waals surface area contributed by atoms with Gasteiger partial charge in [0.2, 0.25) is 0 Å². The standard InChI is InChI=1S/C8H18N2O2/c1-2-3-4-5-10-7(9)6-8(11)12/h7,10H,2-6,9H2,1H3,(H,11,12). The van der Waals surface area contributed by atoms with Crippen LogP contribution in [-0.4, -0.2) is 23.8 Å². The van der Waals surface area contributed by atoms with E-state index in [-0.39, 0.29) is 6.42 Å². The first-order valence-corrected chi connectivity index (χ1v) is 4.37. The molecule has 1 unspecified atom stereocenters. The van der Waals surface area contributed by atoms with Crippen molar-refractivity contribution in [2.45, 2.75) is 38.8 Å². The van der Waals surface area contributed by atoms with Gasteiger partial charge in [-0.1, -0.05) is 19.8 Å². The Bertz CT molecular complexity index is 128. The van der Waals surface area contributed by atoms with Crippen LogP contribution >= 0.6 is 0 Å². The molecule has 0 radical (unpaired) electrons. The number of hydrogen-bond donors (Lipinski definition) is 3. The topological polar surface area (TPSA) is 75.3 Å². The van der Waals surface area contributed by atoms with Crippen molar-refractivity contribution in [1.82, 2.24) is 5.32 Å². The third-order valence-corrected chi connectivity index (χ3v) is 1.58. The van der Waals surface area contributed by atoms with E-state index in [2.05, 4.69) is 12.2 Å². The Balaban J connectivity index is 3.19. The zero-order valence-electron chi connectivity index (χ0n) is 7.55. The monoisotopic (exact) mass is 174 g/mol. The minimum Gasteiger partial charge on any atom is -0.481 e. The number of carboxylic acids is 1. The summed E-state index contributed by atoms with van der Waals surface area (Å²) in [5, 5.41) is 11.3. The minimum atomic E-state index is -0.856. The predicted molar refractivity (Wildman–Crippen MR) is 47.8 cm³/mol. The number of nitrogens with two attached hydrogens (primary N) is 1. The molecule has 0 fully saturated rings. The van der Waals surface area contributed by atoms with Gasteiger partial charge in [-0.2, -0.15) is 0 Å². The van der Waals surface area contributed by atoms with E-state index in [1.807, 2.05) is 0 Å². The van der Waals surface area contributed by atoms with Crippen molar-refractivity contribution in [2.24, 2.45) is 5.73 Å². The summed E-state index contributed by atoms with van der Waals surface area (Å²) in [6, 6.07) is 0. The molecule has 4 heteroatoms. The van der Waals surface area contributed by atoms with E-state index in [0.29, 0.717) is 0 Å². The maximum absolute atomic E-state index is 10.2. The quantitative estimate of drug-likeness (QED) is 0.388. The van der Waals surface area contributed by atoms with Crippen molar-refractivity contribution in [3.63, 3.8) is 0 Å². The largest absolute Gasteiger partial charge is 0.481 e. The number of hydrogen-bond acceptors (Lipinski definition) is 3. The third-order valence-electron chi connectivity index (χ3n) is 1.58. The molecule has 0 aromatic carbocycles. The molecule has 72 valence electrons. The van der Waals surface area contributed by atoms with E-state index in [1.54, 1.807) is 0 Å². The average Bonchev–Trinajstić information content (AvgIpc) is 1.97. The Morgan fingerprint density at radius 3 is 2.75 bits per heavy atom. The molecule has 0 heterocycles. The highest BCUT2D eigenvalue weighted by atomic mass is 16.4. The molecule has 0 amide bonds. The molecular formula is C8H18N2O2. The third kappa shape index (κ3) is 7.50. The lowest BCUT2D eigenvalue weighted by atomic mass is 10.2. The maximum Gasteiger partial charge on any atom is 0.306 e. The van der Waals surface area contributed by atoms with Crippen LogP contribution in [0, 0.1) is 0 Å². The van der Waals surface area contributed by atoms with Crippen molar-refractivity contribution in [2.75, 3.05) is 6.54 Å². The van der Waals surface area contributed by atoms with E-state index in [1.165, 1.54) is 0 Å². The molecule has 0 saturated heterocycles. The molecule has 0 saturated carbocycles.